The molecule has 0 aliphatic heterocycles. The minimum absolute atomic E-state index is 0.0173. The number of benzene rings is 1. The van der Waals surface area contributed by atoms with Crippen LogP contribution in [0.1, 0.15) is 12.5 Å². The Morgan fingerprint density at radius 1 is 1.47 bits per heavy atom. The molecule has 0 unspecified atom stereocenters. The second-order valence-electron chi connectivity index (χ2n) is 3.48. The summed E-state index contributed by atoms with van der Waals surface area (Å²) in [5, 5.41) is 11.4. The van der Waals surface area contributed by atoms with Crippen LogP contribution in [-0.4, -0.2) is 19.1 Å². The van der Waals surface area contributed by atoms with Crippen LogP contribution in [0.3, 0.4) is 0 Å². The van der Waals surface area contributed by atoms with Gasteiger partial charge in [0.05, 0.1) is 0 Å². The van der Waals surface area contributed by atoms with Crippen molar-refractivity contribution in [1.82, 2.24) is 5.32 Å². The molecule has 0 fully saturated rings. The molecule has 0 atom stereocenters. The van der Waals surface area contributed by atoms with Gasteiger partial charge in [-0.2, -0.15) is 14.0 Å². The van der Waals surface area contributed by atoms with Crippen LogP contribution in [0.5, 0.6) is 5.75 Å². The molecule has 1 amide bonds. The number of nitrogens with zero attached hydrogens (tertiary/aromatic N) is 1. The highest BCUT2D eigenvalue weighted by Gasteiger charge is 2.08. The van der Waals surface area contributed by atoms with Crippen LogP contribution in [0.4, 0.5) is 8.78 Å². The van der Waals surface area contributed by atoms with Gasteiger partial charge in [-0.25, -0.2) is 0 Å². The highest BCUT2D eigenvalue weighted by atomic mass is 19.3. The topological polar surface area (TPSA) is 62.1 Å². The summed E-state index contributed by atoms with van der Waals surface area (Å²) in [4.78, 5) is 11.5. The summed E-state index contributed by atoms with van der Waals surface area (Å²) in [6.45, 7) is -0.728. The van der Waals surface area contributed by atoms with Gasteiger partial charge in [-0.15, -0.1) is 0 Å². The maximum absolute atomic E-state index is 11.9. The monoisotopic (exact) mass is 266 g/mol. The summed E-state index contributed by atoms with van der Waals surface area (Å²) >= 11 is 0. The highest BCUT2D eigenvalue weighted by molar-refractivity contribution is 6.01. The van der Waals surface area contributed by atoms with Crippen molar-refractivity contribution in [3.63, 3.8) is 0 Å². The first kappa shape index (κ1) is 14.6. The molecule has 0 saturated heterocycles. The van der Waals surface area contributed by atoms with Gasteiger partial charge >= 0.3 is 6.61 Å². The second kappa shape index (κ2) is 7.11. The third-order valence-electron chi connectivity index (χ3n) is 2.12. The average molecular weight is 266 g/mol. The van der Waals surface area contributed by atoms with Gasteiger partial charge in [0, 0.05) is 6.54 Å². The van der Waals surface area contributed by atoms with Gasteiger partial charge in [-0.1, -0.05) is 12.1 Å². The quantitative estimate of drug-likeness (QED) is 0.657. The fourth-order valence-corrected chi connectivity index (χ4v) is 1.32. The minimum atomic E-state index is -2.88. The smallest absolute Gasteiger partial charge is 0.387 e. The van der Waals surface area contributed by atoms with Gasteiger partial charge < -0.3 is 10.1 Å². The second-order valence-corrected chi connectivity index (χ2v) is 3.48. The number of hydrogen-bond acceptors (Lipinski definition) is 3. The number of carbonyl (C=O) groups excluding carboxylic acids is 1. The summed E-state index contributed by atoms with van der Waals surface area (Å²) in [5.74, 6) is -0.457. The van der Waals surface area contributed by atoms with E-state index in [4.69, 9.17) is 5.26 Å². The Bertz CT molecular complexity index is 504. The zero-order chi connectivity index (χ0) is 14.3. The first-order valence-corrected chi connectivity index (χ1v) is 5.51. The number of hydrogen-bond donors (Lipinski definition) is 1. The van der Waals surface area contributed by atoms with Crippen molar-refractivity contribution >= 4 is 12.0 Å². The highest BCUT2D eigenvalue weighted by Crippen LogP contribution is 2.16. The van der Waals surface area contributed by atoms with Gasteiger partial charge in [0.1, 0.15) is 17.4 Å². The standard InChI is InChI=1S/C13H12F2N2O2/c1-2-17-12(18)10(8-16)7-9-3-5-11(6-4-9)19-13(14)15/h3-7,13H,2H2,1H3,(H,17,18). The fraction of sp³-hybridized carbons (Fsp3) is 0.231. The number of carbonyl (C=O) groups is 1. The normalized spacial score (nSPS) is 11.0. The summed E-state index contributed by atoms with van der Waals surface area (Å²) < 4.78 is 28.1. The molecule has 0 aromatic heterocycles. The third-order valence-corrected chi connectivity index (χ3v) is 2.12. The summed E-state index contributed by atoms with van der Waals surface area (Å²) in [7, 11) is 0. The third kappa shape index (κ3) is 4.76. The molecule has 1 rings (SSSR count). The molecule has 0 saturated carbocycles. The molecule has 100 valence electrons. The molecular weight excluding hydrogens is 254 g/mol. The van der Waals surface area contributed by atoms with Crippen LogP contribution in [0.25, 0.3) is 6.08 Å². The van der Waals surface area contributed by atoms with E-state index in [0.29, 0.717) is 12.1 Å². The first-order chi connectivity index (χ1) is 9.06. The van der Waals surface area contributed by atoms with Crippen LogP contribution in [0.15, 0.2) is 29.8 Å². The number of nitrogens with one attached hydrogen (secondary N) is 1. The molecular formula is C13H12F2N2O2. The van der Waals surface area contributed by atoms with E-state index in [9.17, 15) is 13.6 Å². The summed E-state index contributed by atoms with van der Waals surface area (Å²) in [5.41, 5.74) is 0.494. The number of nitriles is 1. The lowest BCUT2D eigenvalue weighted by Crippen LogP contribution is -2.23. The van der Waals surface area contributed by atoms with Crippen molar-refractivity contribution < 1.29 is 18.3 Å². The number of likely N-dealkylation sites (N-methyl/N-ethyl adjacent to an activating group) is 1. The molecule has 0 bridgehead atoms. The van der Waals surface area contributed by atoms with E-state index >= 15 is 0 Å². The lowest BCUT2D eigenvalue weighted by molar-refractivity contribution is -0.116. The van der Waals surface area contributed by atoms with Crippen molar-refractivity contribution in [3.8, 4) is 11.8 Å². The first-order valence-electron chi connectivity index (χ1n) is 5.51. The summed E-state index contributed by atoms with van der Waals surface area (Å²) in [6, 6.07) is 7.42. The summed E-state index contributed by atoms with van der Waals surface area (Å²) in [6.07, 6.45) is 1.37. The molecule has 19 heavy (non-hydrogen) atoms. The number of halogens is 2. The largest absolute Gasteiger partial charge is 0.435 e. The maximum atomic E-state index is 11.9. The SMILES string of the molecule is CCNC(=O)C(C#N)=Cc1ccc(OC(F)F)cc1. The van der Waals surface area contributed by atoms with Crippen LogP contribution in [0.2, 0.25) is 0 Å². The zero-order valence-corrected chi connectivity index (χ0v) is 10.2. The van der Waals surface area contributed by atoms with E-state index in [1.54, 1.807) is 13.0 Å². The van der Waals surface area contributed by atoms with Gasteiger partial charge in [0.25, 0.3) is 5.91 Å². The van der Waals surface area contributed by atoms with E-state index in [0.717, 1.165) is 0 Å². The number of rotatable bonds is 5. The van der Waals surface area contributed by atoms with Crippen molar-refractivity contribution in [2.75, 3.05) is 6.54 Å². The molecule has 1 aromatic rings. The Labute approximate surface area is 109 Å². The lowest BCUT2D eigenvalue weighted by atomic mass is 10.1. The molecule has 1 N–H and O–H groups in total. The number of alkyl halides is 2. The van der Waals surface area contributed by atoms with E-state index in [-0.39, 0.29) is 11.3 Å². The minimum Gasteiger partial charge on any atom is -0.435 e. The molecule has 4 nitrogen and oxygen atoms in total. The number of ether oxygens (including phenoxy) is 1. The molecule has 1 aromatic carbocycles. The van der Waals surface area contributed by atoms with Crippen LogP contribution >= 0.6 is 0 Å². The Balaban J connectivity index is 2.85. The molecule has 0 heterocycles. The average Bonchev–Trinajstić information content (AvgIpc) is 2.37. The van der Waals surface area contributed by atoms with Crippen molar-refractivity contribution in [2.24, 2.45) is 0 Å². The van der Waals surface area contributed by atoms with Crippen molar-refractivity contribution in [2.45, 2.75) is 13.5 Å². The molecule has 0 aliphatic carbocycles. The Kier molecular flexibility index (Phi) is 5.48. The van der Waals surface area contributed by atoms with Gasteiger partial charge in [-0.05, 0) is 30.7 Å². The van der Waals surface area contributed by atoms with Gasteiger partial charge in [0.2, 0.25) is 0 Å². The Hall–Kier alpha value is -2.42. The van der Waals surface area contributed by atoms with Crippen molar-refractivity contribution in [1.29, 1.82) is 5.26 Å². The van der Waals surface area contributed by atoms with Crippen LogP contribution in [-0.2, 0) is 4.79 Å². The molecule has 6 heteroatoms. The van der Waals surface area contributed by atoms with Crippen LogP contribution < -0.4 is 10.1 Å². The predicted octanol–water partition coefficient (Wildman–Crippen LogP) is 2.33. The molecule has 0 aliphatic rings. The number of amides is 1. The van der Waals surface area contributed by atoms with Gasteiger partial charge in [-0.3, -0.25) is 4.79 Å². The van der Waals surface area contributed by atoms with Crippen molar-refractivity contribution in [3.05, 3.63) is 35.4 Å². The Morgan fingerprint density at radius 3 is 2.58 bits per heavy atom. The van der Waals surface area contributed by atoms with E-state index < -0.39 is 12.5 Å². The Morgan fingerprint density at radius 2 is 2.11 bits per heavy atom. The lowest BCUT2D eigenvalue weighted by Gasteiger charge is -2.04. The fourth-order valence-electron chi connectivity index (χ4n) is 1.32. The van der Waals surface area contributed by atoms with Gasteiger partial charge in [0.15, 0.2) is 0 Å². The van der Waals surface area contributed by atoms with Crippen LogP contribution in [0, 0.1) is 11.3 Å². The predicted molar refractivity (Wildman–Crippen MR) is 65.3 cm³/mol. The zero-order valence-electron chi connectivity index (χ0n) is 10.2. The molecule has 0 radical (unpaired) electrons. The van der Waals surface area contributed by atoms with E-state index in [2.05, 4.69) is 10.1 Å². The van der Waals surface area contributed by atoms with E-state index in [1.165, 1.54) is 30.3 Å². The maximum Gasteiger partial charge on any atom is 0.387 e. The molecule has 0 spiro atoms. The van der Waals surface area contributed by atoms with E-state index in [1.807, 2.05) is 0 Å².